The van der Waals surface area contributed by atoms with Gasteiger partial charge in [0.05, 0.1) is 32.8 Å². The fourth-order valence-corrected chi connectivity index (χ4v) is 2.78. The Labute approximate surface area is 158 Å². The molecule has 0 fully saturated rings. The molecule has 0 saturated heterocycles. The van der Waals surface area contributed by atoms with E-state index in [0.29, 0.717) is 5.75 Å². The van der Waals surface area contributed by atoms with Crippen molar-refractivity contribution in [2.24, 2.45) is 0 Å². The van der Waals surface area contributed by atoms with Crippen molar-refractivity contribution in [2.45, 2.75) is 0 Å². The van der Waals surface area contributed by atoms with Crippen LogP contribution in [0.5, 0.6) is 5.75 Å². The van der Waals surface area contributed by atoms with Gasteiger partial charge in [-0.05, 0) is 30.3 Å². The van der Waals surface area contributed by atoms with Crippen LogP contribution in [-0.4, -0.2) is 25.5 Å². The summed E-state index contributed by atoms with van der Waals surface area (Å²) in [4.78, 5) is 24.2. The predicted molar refractivity (Wildman–Crippen MR) is 94.1 cm³/mol. The Morgan fingerprint density at radius 2 is 1.62 bits per heavy atom. The van der Waals surface area contributed by atoms with Crippen LogP contribution >= 0.6 is 46.4 Å². The Morgan fingerprint density at radius 3 is 2.25 bits per heavy atom. The molecule has 0 saturated carbocycles. The molecule has 0 unspecified atom stereocenters. The molecule has 0 bridgehead atoms. The summed E-state index contributed by atoms with van der Waals surface area (Å²) in [6.07, 6.45) is 0. The van der Waals surface area contributed by atoms with Crippen LogP contribution in [0.25, 0.3) is 0 Å². The molecular weight excluding hydrogens is 398 g/mol. The van der Waals surface area contributed by atoms with Gasteiger partial charge in [-0.25, -0.2) is 4.79 Å². The van der Waals surface area contributed by atoms with Gasteiger partial charge in [0.25, 0.3) is 0 Å². The summed E-state index contributed by atoms with van der Waals surface area (Å²) in [6.45, 7) is -0.499. The van der Waals surface area contributed by atoms with Gasteiger partial charge in [0, 0.05) is 5.56 Å². The summed E-state index contributed by atoms with van der Waals surface area (Å²) in [6, 6.07) is 7.35. The standard InChI is InChI=1S/C16H10Cl4O4/c1-23-13-5-2-8(6-11(13)19)12(21)7-24-16(22)14-9(17)3-4-10(18)15(14)20/h2-6H,7H2,1H3. The van der Waals surface area contributed by atoms with Gasteiger partial charge >= 0.3 is 5.97 Å². The second-order valence-corrected chi connectivity index (χ2v) is 6.17. The first-order chi connectivity index (χ1) is 11.3. The van der Waals surface area contributed by atoms with Gasteiger partial charge in [-0.2, -0.15) is 0 Å². The lowest BCUT2D eigenvalue weighted by atomic mass is 10.1. The van der Waals surface area contributed by atoms with Crippen molar-refractivity contribution in [3.8, 4) is 5.75 Å². The molecule has 0 radical (unpaired) electrons. The highest BCUT2D eigenvalue weighted by atomic mass is 35.5. The quantitative estimate of drug-likeness (QED) is 0.381. The normalized spacial score (nSPS) is 10.4. The summed E-state index contributed by atoms with van der Waals surface area (Å²) in [5.41, 5.74) is 0.184. The van der Waals surface area contributed by atoms with E-state index in [0.717, 1.165) is 0 Å². The van der Waals surface area contributed by atoms with Crippen LogP contribution in [0.2, 0.25) is 20.1 Å². The highest BCUT2D eigenvalue weighted by Gasteiger charge is 2.20. The van der Waals surface area contributed by atoms with Gasteiger partial charge in [-0.3, -0.25) is 4.79 Å². The highest BCUT2D eigenvalue weighted by molar-refractivity contribution is 6.46. The Balaban J connectivity index is 2.11. The third kappa shape index (κ3) is 4.14. The molecule has 0 amide bonds. The molecule has 0 aliphatic heterocycles. The highest BCUT2D eigenvalue weighted by Crippen LogP contribution is 2.32. The van der Waals surface area contributed by atoms with Crippen LogP contribution in [0.3, 0.4) is 0 Å². The maximum Gasteiger partial charge on any atom is 0.341 e. The molecule has 0 atom stereocenters. The van der Waals surface area contributed by atoms with Crippen molar-refractivity contribution < 1.29 is 19.1 Å². The minimum Gasteiger partial charge on any atom is -0.495 e. The fourth-order valence-electron chi connectivity index (χ4n) is 1.84. The van der Waals surface area contributed by atoms with E-state index in [9.17, 15) is 9.59 Å². The number of hydrogen-bond donors (Lipinski definition) is 0. The molecule has 8 heteroatoms. The third-order valence-electron chi connectivity index (χ3n) is 3.06. The summed E-state index contributed by atoms with van der Waals surface area (Å²) in [7, 11) is 1.46. The van der Waals surface area contributed by atoms with E-state index >= 15 is 0 Å². The fraction of sp³-hybridized carbons (Fsp3) is 0.125. The molecule has 4 nitrogen and oxygen atoms in total. The summed E-state index contributed by atoms with van der Waals surface area (Å²) in [5.74, 6) is -0.856. The minimum absolute atomic E-state index is 0.0332. The Hall–Kier alpha value is -1.46. The predicted octanol–water partition coefficient (Wildman–Crippen LogP) is 5.35. The first kappa shape index (κ1) is 18.9. The second kappa shape index (κ2) is 8.08. The number of halogens is 4. The molecule has 0 heterocycles. The molecule has 0 spiro atoms. The number of methoxy groups -OCH3 is 1. The zero-order valence-corrected chi connectivity index (χ0v) is 15.3. The first-order valence-electron chi connectivity index (χ1n) is 6.52. The van der Waals surface area contributed by atoms with Gasteiger partial charge in [0.15, 0.2) is 12.4 Å². The maximum atomic E-state index is 12.1. The van der Waals surface area contributed by atoms with Gasteiger partial charge in [-0.15, -0.1) is 0 Å². The zero-order chi connectivity index (χ0) is 17.9. The molecule has 2 rings (SSSR count). The number of ether oxygens (including phenoxy) is 2. The number of carbonyl (C=O) groups excluding carboxylic acids is 2. The molecule has 24 heavy (non-hydrogen) atoms. The van der Waals surface area contributed by atoms with E-state index in [4.69, 9.17) is 55.9 Å². The topological polar surface area (TPSA) is 52.6 Å². The van der Waals surface area contributed by atoms with Crippen molar-refractivity contribution in [2.75, 3.05) is 13.7 Å². The number of esters is 1. The molecular formula is C16H10Cl4O4. The Bertz CT molecular complexity index is 805. The molecule has 126 valence electrons. The number of benzene rings is 2. The van der Waals surface area contributed by atoms with E-state index in [1.54, 1.807) is 6.07 Å². The lowest BCUT2D eigenvalue weighted by molar-refractivity contribution is 0.0475. The lowest BCUT2D eigenvalue weighted by Crippen LogP contribution is -2.15. The average molecular weight is 408 g/mol. The van der Waals surface area contributed by atoms with Crippen molar-refractivity contribution in [3.63, 3.8) is 0 Å². The van der Waals surface area contributed by atoms with Crippen LogP contribution in [0.4, 0.5) is 0 Å². The summed E-state index contributed by atoms with van der Waals surface area (Å²) >= 11 is 23.7. The number of carbonyl (C=O) groups is 2. The van der Waals surface area contributed by atoms with E-state index < -0.39 is 18.4 Å². The molecule has 0 aliphatic rings. The van der Waals surface area contributed by atoms with Crippen molar-refractivity contribution >= 4 is 58.2 Å². The lowest BCUT2D eigenvalue weighted by Gasteiger charge is -2.09. The number of Topliss-reactive ketones (excluding diaryl/α,β-unsaturated/α-hetero) is 1. The van der Waals surface area contributed by atoms with Crippen LogP contribution < -0.4 is 4.74 Å². The van der Waals surface area contributed by atoms with Gasteiger partial charge in [0.2, 0.25) is 0 Å². The largest absolute Gasteiger partial charge is 0.495 e. The van der Waals surface area contributed by atoms with Gasteiger partial charge in [0.1, 0.15) is 5.75 Å². The monoisotopic (exact) mass is 406 g/mol. The molecule has 0 N–H and O–H groups in total. The Morgan fingerprint density at radius 1 is 0.958 bits per heavy atom. The summed E-state index contributed by atoms with van der Waals surface area (Å²) < 4.78 is 9.97. The number of ketones is 1. The van der Waals surface area contributed by atoms with E-state index in [2.05, 4.69) is 0 Å². The second-order valence-electron chi connectivity index (χ2n) is 4.57. The number of rotatable bonds is 5. The molecule has 0 aliphatic carbocycles. The maximum absolute atomic E-state index is 12.1. The first-order valence-corrected chi connectivity index (χ1v) is 8.03. The Kier molecular flexibility index (Phi) is 6.35. The van der Waals surface area contributed by atoms with Crippen molar-refractivity contribution in [3.05, 3.63) is 61.5 Å². The molecule has 2 aromatic rings. The minimum atomic E-state index is -0.847. The van der Waals surface area contributed by atoms with Gasteiger partial charge in [-0.1, -0.05) is 46.4 Å². The zero-order valence-electron chi connectivity index (χ0n) is 12.2. The SMILES string of the molecule is COc1ccc(C(=O)COC(=O)c2c(Cl)ccc(Cl)c2Cl)cc1Cl. The smallest absolute Gasteiger partial charge is 0.341 e. The van der Waals surface area contributed by atoms with Crippen LogP contribution in [-0.2, 0) is 4.74 Å². The number of hydrogen-bond acceptors (Lipinski definition) is 4. The molecule has 2 aromatic carbocycles. The van der Waals surface area contributed by atoms with Crippen LogP contribution in [0.1, 0.15) is 20.7 Å². The van der Waals surface area contributed by atoms with Crippen molar-refractivity contribution in [1.82, 2.24) is 0 Å². The van der Waals surface area contributed by atoms with E-state index in [1.165, 1.54) is 31.4 Å². The van der Waals surface area contributed by atoms with Gasteiger partial charge < -0.3 is 9.47 Å². The van der Waals surface area contributed by atoms with Crippen LogP contribution in [0, 0.1) is 0 Å². The average Bonchev–Trinajstić information content (AvgIpc) is 2.56. The van der Waals surface area contributed by atoms with E-state index in [-0.39, 0.29) is 31.2 Å². The van der Waals surface area contributed by atoms with E-state index in [1.807, 2.05) is 0 Å². The third-order valence-corrected chi connectivity index (χ3v) is 4.47. The van der Waals surface area contributed by atoms with Crippen molar-refractivity contribution in [1.29, 1.82) is 0 Å². The molecule has 0 aromatic heterocycles. The van der Waals surface area contributed by atoms with Crippen LogP contribution in [0.15, 0.2) is 30.3 Å². The summed E-state index contributed by atoms with van der Waals surface area (Å²) in [5, 5.41) is 0.473.